The third kappa shape index (κ3) is 4.81. The lowest BCUT2D eigenvalue weighted by atomic mass is 9.82. The summed E-state index contributed by atoms with van der Waals surface area (Å²) < 4.78 is 28.5. The monoisotopic (exact) mass is 335 g/mol. The number of hydrogen-bond acceptors (Lipinski definition) is 3. The zero-order valence-electron chi connectivity index (χ0n) is 12.5. The molecular formula is C15H20ClF2NO3. The zero-order chi connectivity index (χ0) is 16.8. The topological polar surface area (TPSA) is 58.6 Å². The molecule has 0 aromatic heterocycles. The summed E-state index contributed by atoms with van der Waals surface area (Å²) in [6.45, 7) is 1.47. The number of hydrogen-bond donors (Lipinski definition) is 2. The van der Waals surface area contributed by atoms with Crippen LogP contribution in [-0.4, -0.2) is 24.2 Å². The number of ether oxygens (including phenoxy) is 1. The third-order valence-electron chi connectivity index (χ3n) is 3.81. The normalized spacial score (nSPS) is 11.7. The van der Waals surface area contributed by atoms with Crippen molar-refractivity contribution in [3.05, 3.63) is 28.8 Å². The standard InChI is InChI=1S/C15H20ClF2NO3/c1-3-15(4-2,13(20)21)9-19-8-10-5-6-12(11(16)7-10)22-14(17)18/h5-7,14,19H,3-4,8-9H2,1-2H3,(H,20,21). The molecule has 0 saturated heterocycles. The molecule has 0 fully saturated rings. The summed E-state index contributed by atoms with van der Waals surface area (Å²) in [5.41, 5.74) is -0.0409. The molecule has 1 aromatic rings. The molecule has 1 rings (SSSR count). The third-order valence-corrected chi connectivity index (χ3v) is 4.11. The highest BCUT2D eigenvalue weighted by molar-refractivity contribution is 6.32. The van der Waals surface area contributed by atoms with Gasteiger partial charge in [0.25, 0.3) is 0 Å². The molecule has 7 heteroatoms. The predicted octanol–water partition coefficient (Wildman–Crippen LogP) is 3.92. The molecule has 0 saturated carbocycles. The van der Waals surface area contributed by atoms with Gasteiger partial charge in [0.2, 0.25) is 0 Å². The van der Waals surface area contributed by atoms with Gasteiger partial charge in [0.05, 0.1) is 10.4 Å². The van der Waals surface area contributed by atoms with Gasteiger partial charge in [-0.05, 0) is 30.5 Å². The Hall–Kier alpha value is -1.40. The molecule has 0 aliphatic rings. The Labute approximate surface area is 133 Å². The maximum absolute atomic E-state index is 12.1. The van der Waals surface area contributed by atoms with Crippen molar-refractivity contribution in [3.63, 3.8) is 0 Å². The Balaban J connectivity index is 2.65. The summed E-state index contributed by atoms with van der Waals surface area (Å²) in [5, 5.41) is 12.5. The van der Waals surface area contributed by atoms with E-state index in [4.69, 9.17) is 11.6 Å². The number of carboxylic acids is 1. The lowest BCUT2D eigenvalue weighted by Crippen LogP contribution is -2.40. The lowest BCUT2D eigenvalue weighted by molar-refractivity contribution is -0.149. The summed E-state index contributed by atoms with van der Waals surface area (Å²) in [7, 11) is 0. The first kappa shape index (κ1) is 18.6. The molecule has 0 amide bonds. The van der Waals surface area contributed by atoms with E-state index in [1.165, 1.54) is 12.1 Å². The molecule has 0 spiro atoms. The number of rotatable bonds is 9. The summed E-state index contributed by atoms with van der Waals surface area (Å²) in [5.74, 6) is -0.911. The van der Waals surface area contributed by atoms with E-state index >= 15 is 0 Å². The van der Waals surface area contributed by atoms with Gasteiger partial charge in [-0.3, -0.25) is 4.79 Å². The first-order valence-electron chi connectivity index (χ1n) is 7.02. The van der Waals surface area contributed by atoms with Crippen molar-refractivity contribution in [2.75, 3.05) is 6.54 Å². The molecule has 0 radical (unpaired) electrons. The second-order valence-corrected chi connectivity index (χ2v) is 5.45. The van der Waals surface area contributed by atoms with Crippen molar-refractivity contribution < 1.29 is 23.4 Å². The Morgan fingerprint density at radius 2 is 2.05 bits per heavy atom. The maximum Gasteiger partial charge on any atom is 0.387 e. The average Bonchev–Trinajstić information content (AvgIpc) is 2.46. The molecule has 22 heavy (non-hydrogen) atoms. The quantitative estimate of drug-likeness (QED) is 0.718. The molecule has 1 aromatic carbocycles. The summed E-state index contributed by atoms with van der Waals surface area (Å²) >= 11 is 5.87. The van der Waals surface area contributed by atoms with Crippen LogP contribution in [0.3, 0.4) is 0 Å². The minimum absolute atomic E-state index is 0.0811. The van der Waals surface area contributed by atoms with Crippen LogP contribution in [0.25, 0.3) is 0 Å². The Kier molecular flexibility index (Phi) is 7.03. The van der Waals surface area contributed by atoms with Crippen molar-refractivity contribution in [1.29, 1.82) is 0 Å². The van der Waals surface area contributed by atoms with Crippen LogP contribution in [0.2, 0.25) is 5.02 Å². The van der Waals surface area contributed by atoms with Gasteiger partial charge in [0, 0.05) is 13.1 Å². The van der Waals surface area contributed by atoms with E-state index in [1.807, 2.05) is 13.8 Å². The molecule has 0 atom stereocenters. The van der Waals surface area contributed by atoms with Crippen LogP contribution in [0.5, 0.6) is 5.75 Å². The van der Waals surface area contributed by atoms with E-state index < -0.39 is 18.0 Å². The smallest absolute Gasteiger partial charge is 0.387 e. The average molecular weight is 336 g/mol. The second kappa shape index (κ2) is 8.29. The molecule has 0 heterocycles. The molecule has 2 N–H and O–H groups in total. The Morgan fingerprint density at radius 1 is 1.41 bits per heavy atom. The highest BCUT2D eigenvalue weighted by atomic mass is 35.5. The molecule has 0 aliphatic carbocycles. The predicted molar refractivity (Wildman–Crippen MR) is 80.4 cm³/mol. The van der Waals surface area contributed by atoms with Gasteiger partial charge >= 0.3 is 12.6 Å². The van der Waals surface area contributed by atoms with Gasteiger partial charge in [-0.2, -0.15) is 8.78 Å². The first-order chi connectivity index (χ1) is 10.3. The maximum atomic E-state index is 12.1. The molecule has 124 valence electrons. The number of benzene rings is 1. The van der Waals surface area contributed by atoms with Gasteiger partial charge < -0.3 is 15.2 Å². The van der Waals surface area contributed by atoms with Crippen molar-refractivity contribution in [1.82, 2.24) is 5.32 Å². The number of nitrogens with one attached hydrogen (secondary N) is 1. The van der Waals surface area contributed by atoms with Crippen molar-refractivity contribution in [2.24, 2.45) is 5.41 Å². The van der Waals surface area contributed by atoms with Crippen molar-refractivity contribution >= 4 is 17.6 Å². The van der Waals surface area contributed by atoms with Gasteiger partial charge in [-0.1, -0.05) is 31.5 Å². The number of carboxylic acid groups (broad SMARTS) is 1. The fraction of sp³-hybridized carbons (Fsp3) is 0.533. The fourth-order valence-electron chi connectivity index (χ4n) is 2.17. The molecule has 0 aliphatic heterocycles. The Morgan fingerprint density at radius 3 is 2.50 bits per heavy atom. The van der Waals surface area contributed by atoms with E-state index in [-0.39, 0.29) is 10.8 Å². The number of alkyl halides is 2. The van der Waals surface area contributed by atoms with Gasteiger partial charge in [0.15, 0.2) is 0 Å². The van der Waals surface area contributed by atoms with Gasteiger partial charge in [-0.15, -0.1) is 0 Å². The molecule has 0 unspecified atom stereocenters. The zero-order valence-corrected chi connectivity index (χ0v) is 13.3. The number of halogens is 3. The molecule has 0 bridgehead atoms. The lowest BCUT2D eigenvalue weighted by Gasteiger charge is -2.27. The largest absolute Gasteiger partial charge is 0.481 e. The minimum atomic E-state index is -2.92. The fourth-order valence-corrected chi connectivity index (χ4v) is 2.42. The highest BCUT2D eigenvalue weighted by Gasteiger charge is 2.34. The molecule has 4 nitrogen and oxygen atoms in total. The summed E-state index contributed by atoms with van der Waals surface area (Å²) in [6.07, 6.45) is 1.04. The van der Waals surface area contributed by atoms with E-state index in [1.54, 1.807) is 6.07 Å². The highest BCUT2D eigenvalue weighted by Crippen LogP contribution is 2.28. The van der Waals surface area contributed by atoms with Crippen LogP contribution >= 0.6 is 11.6 Å². The summed E-state index contributed by atoms with van der Waals surface area (Å²) in [6, 6.07) is 4.50. The first-order valence-corrected chi connectivity index (χ1v) is 7.39. The van der Waals surface area contributed by atoms with Crippen LogP contribution in [0, 0.1) is 5.41 Å². The van der Waals surface area contributed by atoms with Crippen LogP contribution in [0.1, 0.15) is 32.3 Å². The molecular weight excluding hydrogens is 316 g/mol. The second-order valence-electron chi connectivity index (χ2n) is 5.04. The number of carbonyl (C=O) groups is 1. The van der Waals surface area contributed by atoms with E-state index in [0.717, 1.165) is 5.56 Å². The van der Waals surface area contributed by atoms with Crippen LogP contribution in [0.15, 0.2) is 18.2 Å². The minimum Gasteiger partial charge on any atom is -0.481 e. The van der Waals surface area contributed by atoms with E-state index in [9.17, 15) is 18.7 Å². The van der Waals surface area contributed by atoms with Crippen molar-refractivity contribution in [2.45, 2.75) is 39.8 Å². The van der Waals surface area contributed by atoms with Crippen LogP contribution < -0.4 is 10.1 Å². The van der Waals surface area contributed by atoms with Crippen LogP contribution in [0.4, 0.5) is 8.78 Å². The van der Waals surface area contributed by atoms with E-state index in [2.05, 4.69) is 10.1 Å². The van der Waals surface area contributed by atoms with Crippen LogP contribution in [-0.2, 0) is 11.3 Å². The SMILES string of the molecule is CCC(CC)(CNCc1ccc(OC(F)F)c(Cl)c1)C(=O)O. The number of aliphatic carboxylic acids is 1. The Bertz CT molecular complexity index is 508. The van der Waals surface area contributed by atoms with Crippen molar-refractivity contribution in [3.8, 4) is 5.75 Å². The van der Waals surface area contributed by atoms with E-state index in [0.29, 0.717) is 25.9 Å². The van der Waals surface area contributed by atoms with Gasteiger partial charge in [0.1, 0.15) is 5.75 Å². The van der Waals surface area contributed by atoms with Gasteiger partial charge in [-0.25, -0.2) is 0 Å². The summed E-state index contributed by atoms with van der Waals surface area (Å²) in [4.78, 5) is 11.4.